The van der Waals surface area contributed by atoms with Crippen molar-refractivity contribution < 1.29 is 0 Å². The van der Waals surface area contributed by atoms with Gasteiger partial charge >= 0.3 is 0 Å². The van der Waals surface area contributed by atoms with E-state index in [1.807, 2.05) is 36.6 Å². The highest BCUT2D eigenvalue weighted by Crippen LogP contribution is 2.21. The molecule has 0 aliphatic carbocycles. The van der Waals surface area contributed by atoms with Gasteiger partial charge < -0.3 is 5.84 Å². The Morgan fingerprint density at radius 2 is 2.24 bits per heavy atom. The van der Waals surface area contributed by atoms with Crippen molar-refractivity contribution in [1.82, 2.24) is 14.9 Å². The van der Waals surface area contributed by atoms with Crippen molar-refractivity contribution in [2.24, 2.45) is 5.10 Å². The molecule has 1 aromatic heterocycles. The first-order valence-corrected chi connectivity index (χ1v) is 6.95. The molecule has 0 bridgehead atoms. The van der Waals surface area contributed by atoms with Crippen molar-refractivity contribution in [3.63, 3.8) is 0 Å². The van der Waals surface area contributed by atoms with E-state index < -0.39 is 0 Å². The second-order valence-corrected chi connectivity index (χ2v) is 5.21. The molecule has 1 atom stereocenters. The van der Waals surface area contributed by atoms with Gasteiger partial charge in [-0.3, -0.25) is 0 Å². The average Bonchev–Trinajstić information content (AvgIpc) is 3.05. The van der Waals surface area contributed by atoms with Crippen LogP contribution in [0.15, 0.2) is 35.4 Å². The van der Waals surface area contributed by atoms with Crippen LogP contribution in [0.4, 0.5) is 5.95 Å². The Kier molecular flexibility index (Phi) is 3.62. The van der Waals surface area contributed by atoms with Gasteiger partial charge in [0.1, 0.15) is 0 Å². The third-order valence-electron chi connectivity index (χ3n) is 3.28. The molecule has 0 saturated heterocycles. The molecule has 0 radical (unpaired) electrons. The molecule has 0 saturated carbocycles. The van der Waals surface area contributed by atoms with Crippen LogP contribution in [-0.4, -0.2) is 27.1 Å². The Morgan fingerprint density at radius 1 is 1.38 bits per heavy atom. The van der Waals surface area contributed by atoms with Crippen molar-refractivity contribution in [2.75, 3.05) is 10.9 Å². The standard InChI is InChI=1S/C14H15ClN6/c1-10-18-19-14(20(10)16)21-13(7-8-17-21)6-5-11-3-2-4-12(15)9-11/h2-6,8-9,13H,7,16H2,1H3/b6-5+. The molecule has 0 amide bonds. The number of anilines is 1. The maximum absolute atomic E-state index is 5.98. The topological polar surface area (TPSA) is 72.3 Å². The first kappa shape index (κ1) is 13.6. The largest absolute Gasteiger partial charge is 0.335 e. The smallest absolute Gasteiger partial charge is 0.267 e. The van der Waals surface area contributed by atoms with Crippen LogP contribution in [0.3, 0.4) is 0 Å². The summed E-state index contributed by atoms with van der Waals surface area (Å²) in [5.74, 6) is 7.08. The van der Waals surface area contributed by atoms with Gasteiger partial charge in [0.2, 0.25) is 0 Å². The molecule has 0 spiro atoms. The molecule has 2 aromatic rings. The zero-order valence-corrected chi connectivity index (χ0v) is 12.3. The molecule has 3 rings (SSSR count). The van der Waals surface area contributed by atoms with Crippen LogP contribution < -0.4 is 10.9 Å². The average molecular weight is 303 g/mol. The van der Waals surface area contributed by atoms with Crippen molar-refractivity contribution in [3.8, 4) is 0 Å². The van der Waals surface area contributed by atoms with Crippen LogP contribution in [0.5, 0.6) is 0 Å². The number of rotatable bonds is 3. The molecular weight excluding hydrogens is 288 g/mol. The first-order valence-electron chi connectivity index (χ1n) is 6.57. The van der Waals surface area contributed by atoms with Gasteiger partial charge in [-0.2, -0.15) is 5.10 Å². The fourth-order valence-corrected chi connectivity index (χ4v) is 2.33. The van der Waals surface area contributed by atoms with Crippen LogP contribution in [0.2, 0.25) is 5.02 Å². The lowest BCUT2D eigenvalue weighted by molar-refractivity contribution is 0.738. The van der Waals surface area contributed by atoms with E-state index in [0.717, 1.165) is 12.0 Å². The second kappa shape index (κ2) is 5.57. The number of hydrogen-bond acceptors (Lipinski definition) is 5. The highest BCUT2D eigenvalue weighted by Gasteiger charge is 2.24. The lowest BCUT2D eigenvalue weighted by Gasteiger charge is -2.19. The Balaban J connectivity index is 1.81. The minimum Gasteiger partial charge on any atom is -0.335 e. The van der Waals surface area contributed by atoms with E-state index in [1.54, 1.807) is 11.9 Å². The maximum Gasteiger partial charge on any atom is 0.267 e. The predicted octanol–water partition coefficient (Wildman–Crippen LogP) is 2.23. The number of benzene rings is 1. The third kappa shape index (κ3) is 2.75. The molecule has 21 heavy (non-hydrogen) atoms. The van der Waals surface area contributed by atoms with Gasteiger partial charge in [0.05, 0.1) is 6.04 Å². The minimum absolute atomic E-state index is 0.0647. The zero-order chi connectivity index (χ0) is 14.8. The van der Waals surface area contributed by atoms with Gasteiger partial charge in [-0.05, 0) is 24.6 Å². The number of halogens is 1. The number of hydrazone groups is 1. The molecule has 2 N–H and O–H groups in total. The highest BCUT2D eigenvalue weighted by atomic mass is 35.5. The molecule has 108 valence electrons. The van der Waals surface area contributed by atoms with Crippen LogP contribution in [0.1, 0.15) is 17.8 Å². The predicted molar refractivity (Wildman–Crippen MR) is 84.8 cm³/mol. The fraction of sp³-hybridized carbons (Fsp3) is 0.214. The van der Waals surface area contributed by atoms with E-state index in [0.29, 0.717) is 16.8 Å². The van der Waals surface area contributed by atoms with Gasteiger partial charge in [0.25, 0.3) is 5.95 Å². The highest BCUT2D eigenvalue weighted by molar-refractivity contribution is 6.30. The third-order valence-corrected chi connectivity index (χ3v) is 3.51. The summed E-state index contributed by atoms with van der Waals surface area (Å²) < 4.78 is 1.43. The summed E-state index contributed by atoms with van der Waals surface area (Å²) in [5.41, 5.74) is 1.04. The molecular formula is C14H15ClN6. The molecule has 2 heterocycles. The Morgan fingerprint density at radius 3 is 2.95 bits per heavy atom. The van der Waals surface area contributed by atoms with E-state index >= 15 is 0 Å². The minimum atomic E-state index is 0.0647. The number of aryl methyl sites for hydroxylation is 1. The summed E-state index contributed by atoms with van der Waals surface area (Å²) in [5, 5.41) is 14.8. The molecule has 6 nitrogen and oxygen atoms in total. The van der Waals surface area contributed by atoms with Gasteiger partial charge in [-0.25, -0.2) is 9.69 Å². The number of hydrogen-bond donors (Lipinski definition) is 1. The van der Waals surface area contributed by atoms with E-state index in [-0.39, 0.29) is 6.04 Å². The fourth-order valence-electron chi connectivity index (χ4n) is 2.14. The quantitative estimate of drug-likeness (QED) is 0.883. The lowest BCUT2D eigenvalue weighted by Crippen LogP contribution is -2.29. The summed E-state index contributed by atoms with van der Waals surface area (Å²) >= 11 is 5.98. The van der Waals surface area contributed by atoms with Crippen LogP contribution in [0, 0.1) is 6.92 Å². The summed E-state index contributed by atoms with van der Waals surface area (Å²) in [6.45, 7) is 1.80. The zero-order valence-electron chi connectivity index (χ0n) is 11.5. The Bertz CT molecular complexity index is 705. The van der Waals surface area contributed by atoms with Crippen LogP contribution in [-0.2, 0) is 0 Å². The summed E-state index contributed by atoms with van der Waals surface area (Å²) in [6, 6.07) is 7.75. The van der Waals surface area contributed by atoms with Crippen LogP contribution >= 0.6 is 11.6 Å². The summed E-state index contributed by atoms with van der Waals surface area (Å²) in [6.07, 6.45) is 6.71. The molecule has 7 heteroatoms. The lowest BCUT2D eigenvalue weighted by atomic mass is 10.1. The van der Waals surface area contributed by atoms with Crippen molar-refractivity contribution >= 4 is 29.8 Å². The number of nitrogens with two attached hydrogens (primary N) is 1. The number of nitrogen functional groups attached to an aromatic ring is 1. The second-order valence-electron chi connectivity index (χ2n) is 4.78. The van der Waals surface area contributed by atoms with Crippen molar-refractivity contribution in [1.29, 1.82) is 0 Å². The van der Waals surface area contributed by atoms with Gasteiger partial charge in [-0.15, -0.1) is 10.2 Å². The summed E-state index contributed by atoms with van der Waals surface area (Å²) in [7, 11) is 0. The van der Waals surface area contributed by atoms with Crippen molar-refractivity contribution in [3.05, 3.63) is 46.8 Å². The Hall–Kier alpha value is -2.34. The number of nitrogens with zero attached hydrogens (tertiary/aromatic N) is 5. The van der Waals surface area contributed by atoms with E-state index in [9.17, 15) is 0 Å². The molecule has 0 fully saturated rings. The van der Waals surface area contributed by atoms with E-state index in [2.05, 4.69) is 21.4 Å². The van der Waals surface area contributed by atoms with Gasteiger partial charge in [-0.1, -0.05) is 35.9 Å². The normalized spacial score (nSPS) is 18.0. The van der Waals surface area contributed by atoms with Gasteiger partial charge in [0, 0.05) is 17.7 Å². The Labute approximate surface area is 127 Å². The molecule has 1 aromatic carbocycles. The molecule has 1 aliphatic rings. The monoisotopic (exact) mass is 302 g/mol. The number of aromatic nitrogens is 3. The maximum atomic E-state index is 5.98. The molecule has 1 aliphatic heterocycles. The van der Waals surface area contributed by atoms with E-state index in [1.165, 1.54) is 4.68 Å². The first-order chi connectivity index (χ1) is 10.1. The molecule has 1 unspecified atom stereocenters. The van der Waals surface area contributed by atoms with E-state index in [4.69, 9.17) is 17.4 Å². The van der Waals surface area contributed by atoms with Gasteiger partial charge in [0.15, 0.2) is 5.82 Å². The SMILES string of the molecule is Cc1nnc(N2N=CCC2/C=C/c2cccc(Cl)c2)n1N. The van der Waals surface area contributed by atoms with Crippen LogP contribution in [0.25, 0.3) is 6.08 Å². The summed E-state index contributed by atoms with van der Waals surface area (Å²) in [4.78, 5) is 0. The van der Waals surface area contributed by atoms with Crippen molar-refractivity contribution in [2.45, 2.75) is 19.4 Å².